The molecule has 0 aromatic carbocycles. The van der Waals surface area contributed by atoms with Crippen LogP contribution in [-0.4, -0.2) is 34.6 Å². The fourth-order valence-corrected chi connectivity index (χ4v) is 3.43. The molecule has 2 fully saturated rings. The second-order valence-corrected chi connectivity index (χ2v) is 8.80. The Morgan fingerprint density at radius 3 is 2.09 bits per heavy atom. The monoisotopic (exact) mass is 325 g/mol. The number of hydrogen-bond donors (Lipinski definition) is 1. The van der Waals surface area contributed by atoms with Crippen molar-refractivity contribution in [2.45, 2.75) is 71.6 Å². The molecule has 2 rings (SSSR count). The molecule has 2 saturated carbocycles. The summed E-state index contributed by atoms with van der Waals surface area (Å²) in [6, 6.07) is 0. The molecule has 0 aromatic rings. The van der Waals surface area contributed by atoms with Crippen LogP contribution in [0.4, 0.5) is 4.79 Å². The Morgan fingerprint density at radius 1 is 1.09 bits per heavy atom. The Kier molecular flexibility index (Phi) is 4.02. The van der Waals surface area contributed by atoms with E-state index in [0.29, 0.717) is 0 Å². The van der Waals surface area contributed by atoms with Crippen LogP contribution in [0.25, 0.3) is 0 Å². The van der Waals surface area contributed by atoms with Gasteiger partial charge in [0.2, 0.25) is 0 Å². The van der Waals surface area contributed by atoms with Crippen LogP contribution in [0.5, 0.6) is 0 Å². The number of amides is 1. The third kappa shape index (κ3) is 3.85. The maximum Gasteiger partial charge on any atom is 0.408 e. The lowest BCUT2D eigenvalue weighted by Gasteiger charge is -2.30. The smallest absolute Gasteiger partial charge is 0.408 e. The van der Waals surface area contributed by atoms with E-state index in [1.54, 1.807) is 48.5 Å². The molecule has 23 heavy (non-hydrogen) atoms. The van der Waals surface area contributed by atoms with Crippen molar-refractivity contribution in [2.75, 3.05) is 0 Å². The van der Waals surface area contributed by atoms with Gasteiger partial charge in [-0.05, 0) is 48.5 Å². The summed E-state index contributed by atoms with van der Waals surface area (Å²) in [5, 5.41) is 2.79. The summed E-state index contributed by atoms with van der Waals surface area (Å²) in [5.74, 6) is -1.38. The Balaban J connectivity index is 2.06. The minimum atomic E-state index is -0.758. The van der Waals surface area contributed by atoms with Crippen LogP contribution in [-0.2, 0) is 19.1 Å². The van der Waals surface area contributed by atoms with Gasteiger partial charge in [-0.1, -0.05) is 0 Å². The number of ketones is 1. The summed E-state index contributed by atoms with van der Waals surface area (Å²) in [6.07, 6.45) is -0.343. The molecule has 0 spiro atoms. The molecule has 0 aliphatic heterocycles. The quantitative estimate of drug-likeness (QED) is 0.789. The molecule has 0 saturated heterocycles. The lowest BCUT2D eigenvalue weighted by atomic mass is 9.92. The van der Waals surface area contributed by atoms with Crippen molar-refractivity contribution in [1.82, 2.24) is 5.32 Å². The molecule has 4 atom stereocenters. The number of carbonyl (C=O) groups excluding carboxylic acids is 3. The lowest BCUT2D eigenvalue weighted by molar-refractivity contribution is -0.158. The fourth-order valence-electron chi connectivity index (χ4n) is 3.43. The SMILES string of the molecule is CC(C)(C)OC(=O)N[C@@]1(C)CC(=O)[C@H]2[C@H](C(=O)OC(C)(C)C)[C@H]21. The number of alkyl carbamates (subject to hydrolysis) is 1. The summed E-state index contributed by atoms with van der Waals surface area (Å²) in [5.41, 5.74) is -1.96. The number of ether oxygens (including phenoxy) is 2. The molecule has 6 heteroatoms. The van der Waals surface area contributed by atoms with Gasteiger partial charge in [0, 0.05) is 18.3 Å². The molecule has 0 bridgehead atoms. The minimum absolute atomic E-state index is 0.00409. The average Bonchev–Trinajstić information content (AvgIpc) is 2.92. The van der Waals surface area contributed by atoms with Crippen molar-refractivity contribution in [3.05, 3.63) is 0 Å². The van der Waals surface area contributed by atoms with E-state index in [1.165, 1.54) is 0 Å². The second kappa shape index (κ2) is 5.21. The van der Waals surface area contributed by atoms with Crippen molar-refractivity contribution >= 4 is 17.8 Å². The van der Waals surface area contributed by atoms with Gasteiger partial charge in [0.25, 0.3) is 0 Å². The van der Waals surface area contributed by atoms with Gasteiger partial charge in [-0.3, -0.25) is 9.59 Å². The molecular weight excluding hydrogens is 298 g/mol. The van der Waals surface area contributed by atoms with Gasteiger partial charge in [0.05, 0.1) is 11.5 Å². The maximum atomic E-state index is 12.3. The number of esters is 1. The molecule has 130 valence electrons. The van der Waals surface area contributed by atoms with E-state index in [0.717, 1.165) is 0 Å². The van der Waals surface area contributed by atoms with Crippen LogP contribution >= 0.6 is 0 Å². The van der Waals surface area contributed by atoms with Crippen LogP contribution in [0, 0.1) is 17.8 Å². The van der Waals surface area contributed by atoms with Crippen LogP contribution in [0.1, 0.15) is 54.9 Å². The normalized spacial score (nSPS) is 33.0. The molecule has 2 aliphatic carbocycles. The van der Waals surface area contributed by atoms with E-state index in [9.17, 15) is 14.4 Å². The predicted octanol–water partition coefficient (Wildman–Crippen LogP) is 2.45. The Labute approximate surface area is 137 Å². The zero-order valence-electron chi connectivity index (χ0n) is 15.0. The Morgan fingerprint density at radius 2 is 1.61 bits per heavy atom. The van der Waals surface area contributed by atoms with Gasteiger partial charge in [0.1, 0.15) is 17.0 Å². The van der Waals surface area contributed by atoms with Crippen molar-refractivity contribution in [2.24, 2.45) is 17.8 Å². The molecule has 1 N–H and O–H groups in total. The molecule has 0 unspecified atom stereocenters. The van der Waals surface area contributed by atoms with Gasteiger partial charge in [0.15, 0.2) is 0 Å². The zero-order chi connectivity index (χ0) is 17.8. The van der Waals surface area contributed by atoms with E-state index >= 15 is 0 Å². The van der Waals surface area contributed by atoms with Crippen molar-refractivity contribution < 1.29 is 23.9 Å². The summed E-state index contributed by atoms with van der Waals surface area (Å²) >= 11 is 0. The summed E-state index contributed by atoms with van der Waals surface area (Å²) < 4.78 is 10.7. The van der Waals surface area contributed by atoms with Crippen LogP contribution in [0.3, 0.4) is 0 Å². The highest BCUT2D eigenvalue weighted by molar-refractivity contribution is 5.97. The Bertz CT molecular complexity index is 542. The van der Waals surface area contributed by atoms with E-state index in [2.05, 4.69) is 5.32 Å². The molecule has 1 amide bonds. The van der Waals surface area contributed by atoms with Gasteiger partial charge >= 0.3 is 12.1 Å². The molecule has 6 nitrogen and oxygen atoms in total. The van der Waals surface area contributed by atoms with E-state index in [-0.39, 0.29) is 30.0 Å². The predicted molar refractivity (Wildman–Crippen MR) is 83.7 cm³/mol. The maximum absolute atomic E-state index is 12.3. The molecule has 2 aliphatic rings. The summed E-state index contributed by atoms with van der Waals surface area (Å²) in [7, 11) is 0. The summed E-state index contributed by atoms with van der Waals surface area (Å²) in [4.78, 5) is 36.5. The molecule has 0 aromatic heterocycles. The first-order valence-corrected chi connectivity index (χ1v) is 8.00. The van der Waals surface area contributed by atoms with Crippen molar-refractivity contribution in [3.8, 4) is 0 Å². The van der Waals surface area contributed by atoms with E-state index in [1.807, 2.05) is 0 Å². The average molecular weight is 325 g/mol. The highest BCUT2D eigenvalue weighted by atomic mass is 16.6. The number of carbonyl (C=O) groups is 3. The third-order valence-electron chi connectivity index (χ3n) is 4.13. The number of nitrogens with one attached hydrogen (secondary N) is 1. The highest BCUT2D eigenvalue weighted by Gasteiger charge is 2.72. The van der Waals surface area contributed by atoms with Gasteiger partial charge in [-0.25, -0.2) is 4.79 Å². The first kappa shape index (κ1) is 17.8. The van der Waals surface area contributed by atoms with Gasteiger partial charge < -0.3 is 14.8 Å². The second-order valence-electron chi connectivity index (χ2n) is 8.80. The number of Topliss-reactive ketones (excluding diaryl/α,β-unsaturated/α-hetero) is 1. The van der Waals surface area contributed by atoms with Gasteiger partial charge in [-0.2, -0.15) is 0 Å². The van der Waals surface area contributed by atoms with Crippen LogP contribution < -0.4 is 5.32 Å². The van der Waals surface area contributed by atoms with E-state index < -0.39 is 28.8 Å². The van der Waals surface area contributed by atoms with Gasteiger partial charge in [-0.15, -0.1) is 0 Å². The molecule has 0 heterocycles. The fraction of sp³-hybridized carbons (Fsp3) is 0.824. The largest absolute Gasteiger partial charge is 0.460 e. The number of fused-ring (bicyclic) bond motifs is 1. The highest BCUT2D eigenvalue weighted by Crippen LogP contribution is 2.60. The van der Waals surface area contributed by atoms with E-state index in [4.69, 9.17) is 9.47 Å². The molecule has 0 radical (unpaired) electrons. The minimum Gasteiger partial charge on any atom is -0.460 e. The van der Waals surface area contributed by atoms with Crippen molar-refractivity contribution in [1.29, 1.82) is 0 Å². The topological polar surface area (TPSA) is 81.7 Å². The summed E-state index contributed by atoms with van der Waals surface area (Å²) in [6.45, 7) is 12.5. The lowest BCUT2D eigenvalue weighted by Crippen LogP contribution is -2.50. The zero-order valence-corrected chi connectivity index (χ0v) is 15.0. The number of rotatable bonds is 2. The first-order valence-electron chi connectivity index (χ1n) is 8.00. The standard InChI is InChI=1S/C17H27NO5/c1-15(2,3)22-13(20)11-10-9(19)8-17(7,12(10)11)18-14(21)23-16(4,5)6/h10-12H,8H2,1-7H3,(H,18,21)/t10-,11-,12-,17-/m0/s1. The van der Waals surface area contributed by atoms with Crippen LogP contribution in [0.15, 0.2) is 0 Å². The Hall–Kier alpha value is -1.59. The van der Waals surface area contributed by atoms with Crippen molar-refractivity contribution in [3.63, 3.8) is 0 Å². The third-order valence-corrected chi connectivity index (χ3v) is 4.13. The first-order chi connectivity index (χ1) is 10.2. The number of hydrogen-bond acceptors (Lipinski definition) is 5. The molecular formula is C17H27NO5. The van der Waals surface area contributed by atoms with Crippen LogP contribution in [0.2, 0.25) is 0 Å².